The van der Waals surface area contributed by atoms with Crippen LogP contribution in [0.5, 0.6) is 5.75 Å². The molecule has 30 heavy (non-hydrogen) atoms. The molecule has 3 aromatic rings. The third-order valence-electron chi connectivity index (χ3n) is 4.22. The first-order valence-corrected chi connectivity index (χ1v) is 10.8. The van der Waals surface area contributed by atoms with E-state index in [1.807, 2.05) is 35.7 Å². The number of nitrogens with one attached hydrogen (secondary N) is 1. The maximum atomic E-state index is 12.4. The number of rotatable bonds is 8. The summed E-state index contributed by atoms with van der Waals surface area (Å²) >= 11 is 13.2. The molecule has 0 bridgehead atoms. The minimum Gasteiger partial charge on any atom is -0.492 e. The lowest BCUT2D eigenvalue weighted by atomic mass is 10.0. The number of hydrogen-bond acceptors (Lipinski definition) is 5. The van der Waals surface area contributed by atoms with Gasteiger partial charge >= 0.3 is 5.97 Å². The SMILES string of the molecule is COC(=O)c1c(-c2ccccc2)csc1NC(=O)CCCOc1ccc(Cl)cc1Cl. The first kappa shape index (κ1) is 22.2. The van der Waals surface area contributed by atoms with Crippen molar-refractivity contribution in [3.63, 3.8) is 0 Å². The van der Waals surface area contributed by atoms with Gasteiger partial charge in [0.05, 0.1) is 18.7 Å². The number of hydrogen-bond donors (Lipinski definition) is 1. The third-order valence-corrected chi connectivity index (χ3v) is 5.64. The van der Waals surface area contributed by atoms with Crippen LogP contribution in [0, 0.1) is 0 Å². The smallest absolute Gasteiger partial charge is 0.341 e. The minimum atomic E-state index is -0.494. The van der Waals surface area contributed by atoms with Gasteiger partial charge < -0.3 is 14.8 Å². The topological polar surface area (TPSA) is 64.6 Å². The summed E-state index contributed by atoms with van der Waals surface area (Å²) in [5.41, 5.74) is 1.96. The van der Waals surface area contributed by atoms with Gasteiger partial charge in [-0.25, -0.2) is 4.79 Å². The van der Waals surface area contributed by atoms with Crippen LogP contribution in [0.4, 0.5) is 5.00 Å². The molecule has 0 aliphatic heterocycles. The number of carbonyl (C=O) groups excluding carboxylic acids is 2. The fourth-order valence-electron chi connectivity index (χ4n) is 2.78. The number of anilines is 1. The Bertz CT molecular complexity index is 1040. The van der Waals surface area contributed by atoms with Crippen molar-refractivity contribution in [2.45, 2.75) is 12.8 Å². The lowest BCUT2D eigenvalue weighted by Crippen LogP contribution is -2.15. The van der Waals surface area contributed by atoms with Gasteiger partial charge in [0, 0.05) is 22.4 Å². The van der Waals surface area contributed by atoms with Gasteiger partial charge in [-0.3, -0.25) is 4.79 Å². The van der Waals surface area contributed by atoms with Gasteiger partial charge in [-0.05, 0) is 30.2 Å². The maximum Gasteiger partial charge on any atom is 0.341 e. The van der Waals surface area contributed by atoms with Crippen molar-refractivity contribution in [3.8, 4) is 16.9 Å². The summed E-state index contributed by atoms with van der Waals surface area (Å²) in [5.74, 6) is -0.196. The van der Waals surface area contributed by atoms with E-state index in [1.54, 1.807) is 18.2 Å². The van der Waals surface area contributed by atoms with Crippen LogP contribution in [0.1, 0.15) is 23.2 Å². The van der Waals surface area contributed by atoms with E-state index in [4.69, 9.17) is 32.7 Å². The van der Waals surface area contributed by atoms with Crippen molar-refractivity contribution in [1.82, 2.24) is 0 Å². The average molecular weight is 464 g/mol. The number of halogens is 2. The van der Waals surface area contributed by atoms with Gasteiger partial charge in [-0.1, -0.05) is 53.5 Å². The number of benzene rings is 2. The van der Waals surface area contributed by atoms with Crippen LogP contribution >= 0.6 is 34.5 Å². The Labute approximate surface area is 188 Å². The predicted octanol–water partition coefficient (Wildman–Crippen LogP) is 6.31. The molecule has 3 rings (SSSR count). The summed E-state index contributed by atoms with van der Waals surface area (Å²) in [7, 11) is 1.32. The first-order valence-electron chi connectivity index (χ1n) is 9.12. The highest BCUT2D eigenvalue weighted by molar-refractivity contribution is 7.15. The number of carbonyl (C=O) groups is 2. The fraction of sp³-hybridized carbons (Fsp3) is 0.182. The third kappa shape index (κ3) is 5.53. The number of esters is 1. The highest BCUT2D eigenvalue weighted by Crippen LogP contribution is 2.36. The van der Waals surface area contributed by atoms with E-state index >= 15 is 0 Å². The lowest BCUT2D eigenvalue weighted by molar-refractivity contribution is -0.116. The fourth-order valence-corrected chi connectivity index (χ4v) is 4.22. The standard InChI is InChI=1S/C22H19Cl2NO4S/c1-28-22(27)20-16(14-6-3-2-4-7-14)13-30-21(20)25-19(26)8-5-11-29-18-10-9-15(23)12-17(18)24/h2-4,6-7,9-10,12-13H,5,8,11H2,1H3,(H,25,26). The molecule has 0 fully saturated rings. The Morgan fingerprint density at radius 3 is 2.57 bits per heavy atom. The normalized spacial score (nSPS) is 10.5. The Morgan fingerprint density at radius 2 is 1.87 bits per heavy atom. The van der Waals surface area contributed by atoms with Crippen LogP contribution in [0.3, 0.4) is 0 Å². The van der Waals surface area contributed by atoms with Crippen LogP contribution in [-0.4, -0.2) is 25.6 Å². The maximum absolute atomic E-state index is 12.4. The van der Waals surface area contributed by atoms with E-state index in [2.05, 4.69) is 5.32 Å². The predicted molar refractivity (Wildman–Crippen MR) is 121 cm³/mol. The molecule has 0 radical (unpaired) electrons. The van der Waals surface area contributed by atoms with E-state index in [-0.39, 0.29) is 12.3 Å². The van der Waals surface area contributed by atoms with E-state index in [9.17, 15) is 9.59 Å². The highest BCUT2D eigenvalue weighted by atomic mass is 35.5. The molecule has 1 N–H and O–H groups in total. The Hall–Kier alpha value is -2.54. The second-order valence-corrected chi connectivity index (χ2v) is 8.01. The Morgan fingerprint density at radius 1 is 1.10 bits per heavy atom. The number of ether oxygens (including phenoxy) is 2. The van der Waals surface area contributed by atoms with E-state index in [0.29, 0.717) is 39.4 Å². The second kappa shape index (κ2) is 10.5. The van der Waals surface area contributed by atoms with Crippen molar-refractivity contribution in [3.05, 3.63) is 69.5 Å². The summed E-state index contributed by atoms with van der Waals surface area (Å²) in [6.45, 7) is 0.318. The summed E-state index contributed by atoms with van der Waals surface area (Å²) in [6.07, 6.45) is 0.708. The van der Waals surface area contributed by atoms with Gasteiger partial charge in [-0.15, -0.1) is 11.3 Å². The molecule has 8 heteroatoms. The zero-order valence-corrected chi connectivity index (χ0v) is 18.4. The van der Waals surface area contributed by atoms with Gasteiger partial charge in [0.15, 0.2) is 0 Å². The van der Waals surface area contributed by atoms with Gasteiger partial charge in [0.1, 0.15) is 16.3 Å². The molecule has 2 aromatic carbocycles. The quantitative estimate of drug-likeness (QED) is 0.314. The zero-order chi connectivity index (χ0) is 21.5. The van der Waals surface area contributed by atoms with Crippen molar-refractivity contribution >= 4 is 51.4 Å². The molecule has 1 amide bonds. The molecule has 0 spiro atoms. The number of thiophene rings is 1. The number of amides is 1. The Balaban J connectivity index is 1.61. The van der Waals surface area contributed by atoms with E-state index in [1.165, 1.54) is 18.4 Å². The molecule has 0 saturated heterocycles. The van der Waals surface area contributed by atoms with Crippen molar-refractivity contribution < 1.29 is 19.1 Å². The lowest BCUT2D eigenvalue weighted by Gasteiger charge is -2.09. The van der Waals surface area contributed by atoms with Crippen molar-refractivity contribution in [2.24, 2.45) is 0 Å². The van der Waals surface area contributed by atoms with E-state index < -0.39 is 5.97 Å². The summed E-state index contributed by atoms with van der Waals surface area (Å²) in [5, 5.41) is 6.06. The monoisotopic (exact) mass is 463 g/mol. The molecule has 5 nitrogen and oxygen atoms in total. The van der Waals surface area contributed by atoms with Crippen LogP contribution < -0.4 is 10.1 Å². The molecule has 1 aromatic heterocycles. The van der Waals surface area contributed by atoms with Gasteiger partial charge in [0.25, 0.3) is 0 Å². The summed E-state index contributed by atoms with van der Waals surface area (Å²) in [6, 6.07) is 14.4. The highest BCUT2D eigenvalue weighted by Gasteiger charge is 2.22. The molecule has 0 atom stereocenters. The van der Waals surface area contributed by atoms with Crippen LogP contribution in [0.25, 0.3) is 11.1 Å². The number of methoxy groups -OCH3 is 1. The average Bonchev–Trinajstić information content (AvgIpc) is 3.16. The van der Waals surface area contributed by atoms with Crippen LogP contribution in [0.15, 0.2) is 53.9 Å². The Kier molecular flexibility index (Phi) is 7.74. The molecule has 0 aliphatic rings. The molecular formula is C22H19Cl2NO4S. The molecule has 0 unspecified atom stereocenters. The molecule has 0 saturated carbocycles. The zero-order valence-electron chi connectivity index (χ0n) is 16.1. The molecular weight excluding hydrogens is 445 g/mol. The molecule has 1 heterocycles. The first-order chi connectivity index (χ1) is 14.5. The largest absolute Gasteiger partial charge is 0.492 e. The van der Waals surface area contributed by atoms with E-state index in [0.717, 1.165) is 11.1 Å². The van der Waals surface area contributed by atoms with Gasteiger partial charge in [0.2, 0.25) is 5.91 Å². The minimum absolute atomic E-state index is 0.215. The van der Waals surface area contributed by atoms with Gasteiger partial charge in [-0.2, -0.15) is 0 Å². The van der Waals surface area contributed by atoms with Crippen LogP contribution in [0.2, 0.25) is 10.0 Å². The van der Waals surface area contributed by atoms with Crippen molar-refractivity contribution in [1.29, 1.82) is 0 Å². The second-order valence-electron chi connectivity index (χ2n) is 6.29. The van der Waals surface area contributed by atoms with Crippen molar-refractivity contribution in [2.75, 3.05) is 19.0 Å². The van der Waals surface area contributed by atoms with Crippen LogP contribution in [-0.2, 0) is 9.53 Å². The molecule has 0 aliphatic carbocycles. The summed E-state index contributed by atoms with van der Waals surface area (Å²) < 4.78 is 10.5. The molecule has 156 valence electrons. The summed E-state index contributed by atoms with van der Waals surface area (Å²) in [4.78, 5) is 24.7.